The lowest BCUT2D eigenvalue weighted by atomic mass is 10.2. The lowest BCUT2D eigenvalue weighted by Crippen LogP contribution is -2.27. The van der Waals surface area contributed by atoms with Crippen LogP contribution < -0.4 is 10.2 Å². The third-order valence-electron chi connectivity index (χ3n) is 3.09. The summed E-state index contributed by atoms with van der Waals surface area (Å²) in [6.45, 7) is 5.59. The Bertz CT molecular complexity index is 449. The van der Waals surface area contributed by atoms with Gasteiger partial charge in [-0.2, -0.15) is 0 Å². The van der Waals surface area contributed by atoms with Crippen LogP contribution in [0.4, 0.5) is 15.8 Å². The van der Waals surface area contributed by atoms with Crippen LogP contribution in [0.15, 0.2) is 18.2 Å². The fraction of sp³-hybridized carbons (Fsp3) is 0.500. The van der Waals surface area contributed by atoms with E-state index in [0.29, 0.717) is 11.4 Å². The highest BCUT2D eigenvalue weighted by molar-refractivity contribution is 5.94. The molecule has 0 spiro atoms. The number of ether oxygens (including phenoxy) is 1. The fourth-order valence-electron chi connectivity index (χ4n) is 1.50. The van der Waals surface area contributed by atoms with Crippen LogP contribution in [0.5, 0.6) is 0 Å². The second kappa shape index (κ2) is 6.52. The van der Waals surface area contributed by atoms with Crippen molar-refractivity contribution in [2.75, 3.05) is 24.4 Å². The number of nitrogens with one attached hydrogen (secondary N) is 1. The predicted octanol–water partition coefficient (Wildman–Crippen LogP) is 2.64. The molecule has 1 rings (SSSR count). The quantitative estimate of drug-likeness (QED) is 0.892. The number of anilines is 2. The molecule has 0 saturated carbocycles. The van der Waals surface area contributed by atoms with Crippen molar-refractivity contribution in [2.45, 2.75) is 32.9 Å². The predicted molar refractivity (Wildman–Crippen MR) is 75.0 cm³/mol. The molecule has 0 unspecified atom stereocenters. The van der Waals surface area contributed by atoms with Gasteiger partial charge in [0.25, 0.3) is 5.91 Å². The molecule has 0 radical (unpaired) electrons. The zero-order valence-electron chi connectivity index (χ0n) is 12.0. The smallest absolute Gasteiger partial charge is 0.253 e. The minimum absolute atomic E-state index is 0.198. The number of amides is 1. The second-order valence-corrected chi connectivity index (χ2v) is 4.74. The van der Waals surface area contributed by atoms with Gasteiger partial charge in [0, 0.05) is 25.9 Å². The van der Waals surface area contributed by atoms with E-state index in [1.807, 2.05) is 25.8 Å². The number of hydrogen-bond donors (Lipinski definition) is 1. The van der Waals surface area contributed by atoms with Crippen molar-refractivity contribution in [1.82, 2.24) is 0 Å². The molecule has 0 heterocycles. The Morgan fingerprint density at radius 1 is 1.37 bits per heavy atom. The van der Waals surface area contributed by atoms with Crippen molar-refractivity contribution in [2.24, 2.45) is 0 Å². The summed E-state index contributed by atoms with van der Waals surface area (Å²) in [6, 6.07) is 4.84. The SMILES string of the molecule is CO[C@@H](C)C(=O)Nc1ccc(N(C)C(C)C)c(F)c1. The molecule has 106 valence electrons. The number of halogens is 1. The summed E-state index contributed by atoms with van der Waals surface area (Å²) >= 11 is 0. The van der Waals surface area contributed by atoms with Gasteiger partial charge in [-0.15, -0.1) is 0 Å². The van der Waals surface area contributed by atoms with Crippen molar-refractivity contribution < 1.29 is 13.9 Å². The topological polar surface area (TPSA) is 41.6 Å². The van der Waals surface area contributed by atoms with Gasteiger partial charge in [0.15, 0.2) is 0 Å². The van der Waals surface area contributed by atoms with Crippen LogP contribution in [0.2, 0.25) is 0 Å². The van der Waals surface area contributed by atoms with Crippen LogP contribution in [0.1, 0.15) is 20.8 Å². The van der Waals surface area contributed by atoms with Crippen molar-refractivity contribution in [3.63, 3.8) is 0 Å². The Labute approximate surface area is 113 Å². The molecule has 0 saturated heterocycles. The molecule has 1 N–H and O–H groups in total. The Hall–Kier alpha value is -1.62. The van der Waals surface area contributed by atoms with Gasteiger partial charge < -0.3 is 15.0 Å². The monoisotopic (exact) mass is 268 g/mol. The Morgan fingerprint density at radius 2 is 2.00 bits per heavy atom. The van der Waals surface area contributed by atoms with Gasteiger partial charge in [-0.1, -0.05) is 0 Å². The molecule has 0 aliphatic rings. The minimum Gasteiger partial charge on any atom is -0.372 e. The molecule has 19 heavy (non-hydrogen) atoms. The summed E-state index contributed by atoms with van der Waals surface area (Å²) in [6.07, 6.45) is -0.568. The summed E-state index contributed by atoms with van der Waals surface area (Å²) in [5.41, 5.74) is 0.931. The molecule has 4 nitrogen and oxygen atoms in total. The summed E-state index contributed by atoms with van der Waals surface area (Å²) in [7, 11) is 3.28. The normalized spacial score (nSPS) is 12.4. The molecule has 0 aliphatic carbocycles. The maximum absolute atomic E-state index is 14.0. The van der Waals surface area contributed by atoms with Crippen LogP contribution >= 0.6 is 0 Å². The number of methoxy groups -OCH3 is 1. The van der Waals surface area contributed by atoms with Gasteiger partial charge in [-0.3, -0.25) is 4.79 Å². The van der Waals surface area contributed by atoms with Gasteiger partial charge in [0.1, 0.15) is 11.9 Å². The highest BCUT2D eigenvalue weighted by atomic mass is 19.1. The van der Waals surface area contributed by atoms with E-state index in [2.05, 4.69) is 5.32 Å². The first-order valence-electron chi connectivity index (χ1n) is 6.22. The molecule has 0 aromatic heterocycles. The van der Waals surface area contributed by atoms with Gasteiger partial charge in [0.2, 0.25) is 0 Å². The van der Waals surface area contributed by atoms with E-state index in [9.17, 15) is 9.18 Å². The fourth-order valence-corrected chi connectivity index (χ4v) is 1.50. The number of benzene rings is 1. The van der Waals surface area contributed by atoms with Crippen molar-refractivity contribution in [3.8, 4) is 0 Å². The molecular formula is C14H21FN2O2. The molecule has 5 heteroatoms. The maximum atomic E-state index is 14.0. The third kappa shape index (κ3) is 3.92. The largest absolute Gasteiger partial charge is 0.372 e. The van der Waals surface area contributed by atoms with E-state index >= 15 is 0 Å². The number of nitrogens with zero attached hydrogens (tertiary/aromatic N) is 1. The summed E-state index contributed by atoms with van der Waals surface area (Å²) in [4.78, 5) is 13.4. The average molecular weight is 268 g/mol. The van der Waals surface area contributed by atoms with E-state index in [-0.39, 0.29) is 17.8 Å². The van der Waals surface area contributed by atoms with Crippen molar-refractivity contribution >= 4 is 17.3 Å². The number of carbonyl (C=O) groups excluding carboxylic acids is 1. The number of hydrogen-bond acceptors (Lipinski definition) is 3. The zero-order chi connectivity index (χ0) is 14.6. The highest BCUT2D eigenvalue weighted by Gasteiger charge is 2.14. The lowest BCUT2D eigenvalue weighted by molar-refractivity contribution is -0.124. The Kier molecular flexibility index (Phi) is 5.30. The molecule has 1 atom stereocenters. The number of rotatable bonds is 5. The molecule has 0 bridgehead atoms. The summed E-state index contributed by atoms with van der Waals surface area (Å²) in [5.74, 6) is -0.661. The van der Waals surface area contributed by atoms with E-state index < -0.39 is 6.10 Å². The maximum Gasteiger partial charge on any atom is 0.253 e. The van der Waals surface area contributed by atoms with Crippen LogP contribution in [-0.2, 0) is 9.53 Å². The molecular weight excluding hydrogens is 247 g/mol. The standard InChI is InChI=1S/C14H21FN2O2/c1-9(2)17(4)13-7-6-11(8-12(13)15)16-14(18)10(3)19-5/h6-10H,1-5H3,(H,16,18)/t10-/m0/s1. The summed E-state index contributed by atoms with van der Waals surface area (Å²) < 4.78 is 18.9. The third-order valence-corrected chi connectivity index (χ3v) is 3.09. The first-order valence-corrected chi connectivity index (χ1v) is 6.22. The molecule has 0 fully saturated rings. The van der Waals surface area contributed by atoms with E-state index in [1.54, 1.807) is 19.1 Å². The molecule has 1 amide bonds. The molecule has 0 aliphatic heterocycles. The van der Waals surface area contributed by atoms with E-state index in [0.717, 1.165) is 0 Å². The van der Waals surface area contributed by atoms with Crippen LogP contribution in [-0.4, -0.2) is 32.2 Å². The first-order chi connectivity index (χ1) is 8.86. The Balaban J connectivity index is 2.85. The van der Waals surface area contributed by atoms with E-state index in [1.165, 1.54) is 13.2 Å². The van der Waals surface area contributed by atoms with E-state index in [4.69, 9.17) is 4.74 Å². The number of carbonyl (C=O) groups is 1. The minimum atomic E-state index is -0.568. The molecule has 1 aromatic carbocycles. The van der Waals surface area contributed by atoms with Crippen molar-refractivity contribution in [3.05, 3.63) is 24.0 Å². The Morgan fingerprint density at radius 3 is 2.47 bits per heavy atom. The zero-order valence-corrected chi connectivity index (χ0v) is 12.0. The van der Waals surface area contributed by atoms with Crippen molar-refractivity contribution in [1.29, 1.82) is 0 Å². The highest BCUT2D eigenvalue weighted by Crippen LogP contribution is 2.23. The molecule has 1 aromatic rings. The van der Waals surface area contributed by atoms with Gasteiger partial charge in [-0.05, 0) is 39.0 Å². The van der Waals surface area contributed by atoms with Gasteiger partial charge in [0.05, 0.1) is 5.69 Å². The second-order valence-electron chi connectivity index (χ2n) is 4.74. The van der Waals surface area contributed by atoms with Crippen LogP contribution in [0.3, 0.4) is 0 Å². The first kappa shape index (κ1) is 15.4. The summed E-state index contributed by atoms with van der Waals surface area (Å²) in [5, 5.41) is 2.61. The van der Waals surface area contributed by atoms with Gasteiger partial charge >= 0.3 is 0 Å². The van der Waals surface area contributed by atoms with Crippen LogP contribution in [0, 0.1) is 5.82 Å². The average Bonchev–Trinajstić information content (AvgIpc) is 2.37. The van der Waals surface area contributed by atoms with Gasteiger partial charge in [-0.25, -0.2) is 4.39 Å². The van der Waals surface area contributed by atoms with Crippen LogP contribution in [0.25, 0.3) is 0 Å². The lowest BCUT2D eigenvalue weighted by Gasteiger charge is -2.24.